The van der Waals surface area contributed by atoms with Gasteiger partial charge in [0.2, 0.25) is 10.0 Å². The lowest BCUT2D eigenvalue weighted by Crippen LogP contribution is -2.30. The molecule has 0 heterocycles. The van der Waals surface area contributed by atoms with E-state index in [-0.39, 0.29) is 28.1 Å². The fourth-order valence-corrected chi connectivity index (χ4v) is 3.52. The van der Waals surface area contributed by atoms with Gasteiger partial charge in [-0.1, -0.05) is 41.9 Å². The summed E-state index contributed by atoms with van der Waals surface area (Å²) in [5.41, 5.74) is 3.17. The number of benzene rings is 2. The minimum absolute atomic E-state index is 0.0151. The van der Waals surface area contributed by atoms with Crippen LogP contribution in [0.4, 0.5) is 0 Å². The molecule has 0 spiro atoms. The highest BCUT2D eigenvalue weighted by Crippen LogP contribution is 2.21. The molecule has 1 amide bonds. The zero-order valence-electron chi connectivity index (χ0n) is 13.8. The minimum Gasteiger partial charge on any atom is -0.269 e. The minimum atomic E-state index is -3.73. The van der Waals surface area contributed by atoms with Crippen LogP contribution >= 0.6 is 11.6 Å². The number of sulfonamides is 1. The second-order valence-electron chi connectivity index (χ2n) is 5.62. The molecule has 0 fully saturated rings. The molecule has 8 heteroatoms. The van der Waals surface area contributed by atoms with E-state index < -0.39 is 15.9 Å². The molecule has 6 nitrogen and oxygen atoms in total. The molecule has 2 N–H and O–H groups in total. The van der Waals surface area contributed by atoms with Crippen LogP contribution in [0.2, 0.25) is 5.02 Å². The number of carbonyl (C=O) groups excluding carboxylic acids is 1. The monoisotopic (exact) mass is 382 g/mol. The summed E-state index contributed by atoms with van der Waals surface area (Å²) >= 11 is 6.01. The largest absolute Gasteiger partial charge is 0.276 e. The number of hydrogen-bond acceptors (Lipinski definition) is 4. The van der Waals surface area contributed by atoms with Crippen molar-refractivity contribution >= 4 is 27.5 Å². The number of hydroxylamine groups is 1. The van der Waals surface area contributed by atoms with Crippen molar-refractivity contribution in [3.8, 4) is 0 Å². The quantitative estimate of drug-likeness (QED) is 0.721. The Bertz CT molecular complexity index is 839. The highest BCUT2D eigenvalue weighted by molar-refractivity contribution is 7.89. The Morgan fingerprint density at radius 2 is 1.84 bits per heavy atom. The van der Waals surface area contributed by atoms with Gasteiger partial charge >= 0.3 is 0 Å². The first kappa shape index (κ1) is 19.4. The lowest BCUT2D eigenvalue weighted by Gasteiger charge is -2.12. The summed E-state index contributed by atoms with van der Waals surface area (Å²) in [7, 11) is -3.73. The maximum Gasteiger partial charge on any atom is 0.276 e. The molecule has 0 saturated carbocycles. The molecule has 134 valence electrons. The normalized spacial score (nSPS) is 11.5. The molecule has 0 aromatic heterocycles. The molecule has 0 aliphatic rings. The predicted octanol–water partition coefficient (Wildman–Crippen LogP) is 2.89. The first-order chi connectivity index (χ1) is 11.8. The summed E-state index contributed by atoms with van der Waals surface area (Å²) in [6.07, 6.45) is 0. The molecular weight excluding hydrogens is 364 g/mol. The summed E-state index contributed by atoms with van der Waals surface area (Å²) < 4.78 is 26.9. The van der Waals surface area contributed by atoms with Crippen molar-refractivity contribution in [2.45, 2.75) is 31.4 Å². The van der Waals surface area contributed by atoms with Crippen LogP contribution in [-0.4, -0.2) is 20.4 Å². The van der Waals surface area contributed by atoms with Gasteiger partial charge in [0.25, 0.3) is 5.91 Å². The van der Waals surface area contributed by atoms with Crippen LogP contribution in [0.1, 0.15) is 29.8 Å². The summed E-state index contributed by atoms with van der Waals surface area (Å²) in [6, 6.07) is 12.9. The Labute approximate surface area is 152 Å². The average molecular weight is 383 g/mol. The van der Waals surface area contributed by atoms with E-state index in [0.29, 0.717) is 0 Å². The van der Waals surface area contributed by atoms with Crippen LogP contribution in [-0.2, 0) is 21.5 Å². The van der Waals surface area contributed by atoms with Crippen molar-refractivity contribution in [2.24, 2.45) is 0 Å². The van der Waals surface area contributed by atoms with Crippen molar-refractivity contribution in [3.05, 3.63) is 64.7 Å². The molecule has 0 radical (unpaired) electrons. The van der Waals surface area contributed by atoms with Gasteiger partial charge in [0.1, 0.15) is 0 Å². The molecule has 0 bridgehead atoms. The number of carbonyl (C=O) groups is 1. The van der Waals surface area contributed by atoms with Gasteiger partial charge in [0.05, 0.1) is 22.1 Å². The van der Waals surface area contributed by atoms with E-state index >= 15 is 0 Å². The third-order valence-corrected chi connectivity index (χ3v) is 5.12. The molecule has 0 saturated heterocycles. The van der Waals surface area contributed by atoms with E-state index in [1.807, 2.05) is 30.3 Å². The first-order valence-corrected chi connectivity index (χ1v) is 9.43. The second-order valence-corrected chi connectivity index (χ2v) is 7.74. The lowest BCUT2D eigenvalue weighted by atomic mass is 10.2. The fraction of sp³-hybridized carbons (Fsp3) is 0.235. The lowest BCUT2D eigenvalue weighted by molar-refractivity contribution is 0.0233. The average Bonchev–Trinajstić information content (AvgIpc) is 2.54. The zero-order chi connectivity index (χ0) is 18.4. The van der Waals surface area contributed by atoms with Gasteiger partial charge in [-0.05, 0) is 37.6 Å². The van der Waals surface area contributed by atoms with Crippen molar-refractivity contribution in [2.75, 3.05) is 0 Å². The summed E-state index contributed by atoms with van der Waals surface area (Å²) in [4.78, 5) is 17.3. The fourth-order valence-electron chi connectivity index (χ4n) is 2.04. The molecule has 2 aromatic carbocycles. The van der Waals surface area contributed by atoms with Gasteiger partial charge in [-0.25, -0.2) is 18.6 Å². The van der Waals surface area contributed by atoms with Crippen LogP contribution in [0.5, 0.6) is 0 Å². The highest BCUT2D eigenvalue weighted by atomic mass is 35.5. The van der Waals surface area contributed by atoms with Crippen molar-refractivity contribution < 1.29 is 18.0 Å². The Morgan fingerprint density at radius 1 is 1.16 bits per heavy atom. The van der Waals surface area contributed by atoms with Crippen LogP contribution < -0.4 is 10.2 Å². The number of amides is 1. The van der Waals surface area contributed by atoms with Crippen molar-refractivity contribution in [1.29, 1.82) is 0 Å². The van der Waals surface area contributed by atoms with E-state index in [1.54, 1.807) is 13.8 Å². The zero-order valence-corrected chi connectivity index (χ0v) is 15.4. The summed E-state index contributed by atoms with van der Waals surface area (Å²) in [6.45, 7) is 3.59. The van der Waals surface area contributed by atoms with Crippen LogP contribution in [0.15, 0.2) is 53.4 Å². The number of hydrogen-bond donors (Lipinski definition) is 2. The molecule has 0 atom stereocenters. The highest BCUT2D eigenvalue weighted by Gasteiger charge is 2.19. The molecular formula is C17H19ClN2O4S. The van der Waals surface area contributed by atoms with E-state index in [9.17, 15) is 13.2 Å². The number of rotatable bonds is 7. The molecule has 2 rings (SSSR count). The van der Waals surface area contributed by atoms with E-state index in [0.717, 1.165) is 5.56 Å². The van der Waals surface area contributed by atoms with E-state index in [1.165, 1.54) is 18.2 Å². The predicted molar refractivity (Wildman–Crippen MR) is 95.6 cm³/mol. The first-order valence-electron chi connectivity index (χ1n) is 7.57. The second kappa shape index (κ2) is 8.44. The van der Waals surface area contributed by atoms with Gasteiger partial charge in [0.15, 0.2) is 0 Å². The van der Waals surface area contributed by atoms with E-state index in [4.69, 9.17) is 16.4 Å². The maximum absolute atomic E-state index is 12.2. The Balaban J connectivity index is 2.10. The number of halogens is 1. The Hall–Kier alpha value is -1.93. The molecule has 0 aliphatic carbocycles. The standard InChI is InChI=1S/C17H19ClN2O4S/c1-12(2)20-25(22,23)14-8-9-16(18)15(10-14)17(21)19-24-11-13-6-4-3-5-7-13/h3-10,12,20H,11H2,1-2H3,(H,19,21). The maximum atomic E-state index is 12.2. The smallest absolute Gasteiger partial charge is 0.269 e. The molecule has 0 aliphatic heterocycles. The third-order valence-electron chi connectivity index (χ3n) is 3.13. The Kier molecular flexibility index (Phi) is 6.55. The topological polar surface area (TPSA) is 84.5 Å². The van der Waals surface area contributed by atoms with Crippen LogP contribution in [0, 0.1) is 0 Å². The van der Waals surface area contributed by atoms with Gasteiger partial charge in [-0.2, -0.15) is 0 Å². The summed E-state index contributed by atoms with van der Waals surface area (Å²) in [5.74, 6) is -0.623. The number of nitrogens with one attached hydrogen (secondary N) is 2. The summed E-state index contributed by atoms with van der Waals surface area (Å²) in [5, 5.41) is 0.129. The van der Waals surface area contributed by atoms with E-state index in [2.05, 4.69) is 10.2 Å². The van der Waals surface area contributed by atoms with Crippen LogP contribution in [0.25, 0.3) is 0 Å². The van der Waals surface area contributed by atoms with Gasteiger partial charge in [-0.3, -0.25) is 9.63 Å². The van der Waals surface area contributed by atoms with Crippen LogP contribution in [0.3, 0.4) is 0 Å². The van der Waals surface area contributed by atoms with Gasteiger partial charge in [-0.15, -0.1) is 0 Å². The third kappa shape index (κ3) is 5.54. The van der Waals surface area contributed by atoms with Gasteiger partial charge in [0, 0.05) is 6.04 Å². The molecule has 0 unspecified atom stereocenters. The Morgan fingerprint density at radius 3 is 2.48 bits per heavy atom. The SMILES string of the molecule is CC(C)NS(=O)(=O)c1ccc(Cl)c(C(=O)NOCc2ccccc2)c1. The van der Waals surface area contributed by atoms with Crippen molar-refractivity contribution in [1.82, 2.24) is 10.2 Å². The molecule has 25 heavy (non-hydrogen) atoms. The van der Waals surface area contributed by atoms with Crippen molar-refractivity contribution in [3.63, 3.8) is 0 Å². The van der Waals surface area contributed by atoms with Gasteiger partial charge < -0.3 is 0 Å². The molecule has 2 aromatic rings.